The van der Waals surface area contributed by atoms with Gasteiger partial charge in [-0.3, -0.25) is 19.5 Å². The Bertz CT molecular complexity index is 2190. The number of anilines is 1. The Kier molecular flexibility index (Phi) is 10.5. The number of carboxylic acids is 1. The summed E-state index contributed by atoms with van der Waals surface area (Å²) < 4.78 is 19.2. The highest BCUT2D eigenvalue weighted by atomic mass is 35.5. The number of carbonyl (C=O) groups is 3. The van der Waals surface area contributed by atoms with Gasteiger partial charge in [0.05, 0.1) is 23.9 Å². The fourth-order valence-corrected chi connectivity index (χ4v) is 9.09. The molecule has 6 heterocycles. The van der Waals surface area contributed by atoms with Crippen molar-refractivity contribution in [2.45, 2.75) is 43.8 Å². The highest BCUT2D eigenvalue weighted by molar-refractivity contribution is 8.00. The van der Waals surface area contributed by atoms with Gasteiger partial charge >= 0.3 is 5.97 Å². The van der Waals surface area contributed by atoms with E-state index in [2.05, 4.69) is 20.4 Å². The van der Waals surface area contributed by atoms with E-state index in [-0.39, 0.29) is 58.6 Å². The Morgan fingerprint density at radius 2 is 2.13 bits per heavy atom. The van der Waals surface area contributed by atoms with Crippen LogP contribution in [-0.4, -0.2) is 86.1 Å². The molecule has 2 fully saturated rings. The van der Waals surface area contributed by atoms with E-state index >= 15 is 4.39 Å². The van der Waals surface area contributed by atoms with E-state index in [0.29, 0.717) is 22.5 Å². The number of hydrogen-bond donors (Lipinski definition) is 4. The van der Waals surface area contributed by atoms with Crippen LogP contribution in [-0.2, 0) is 32.3 Å². The molecule has 0 spiro atoms. The number of piperidine rings is 1. The van der Waals surface area contributed by atoms with E-state index in [1.165, 1.54) is 29.8 Å². The molecule has 2 saturated heterocycles. The first kappa shape index (κ1) is 36.5. The minimum absolute atomic E-state index is 0.0314. The van der Waals surface area contributed by atoms with Gasteiger partial charge in [-0.25, -0.2) is 14.2 Å². The zero-order chi connectivity index (χ0) is 37.4. The van der Waals surface area contributed by atoms with Crippen LogP contribution in [0.2, 0.25) is 5.02 Å². The van der Waals surface area contributed by atoms with Crippen LogP contribution in [0.3, 0.4) is 0 Å². The highest BCUT2D eigenvalue weighted by Gasteiger charge is 2.54. The molecule has 3 aliphatic heterocycles. The molecule has 4 aromatic rings. The number of halogens is 2. The number of nitrogens with one attached hydrogen (secondary N) is 1. The number of thioether (sulfide) groups is 1. The topological polar surface area (TPSA) is 194 Å². The molecule has 276 valence electrons. The summed E-state index contributed by atoms with van der Waals surface area (Å²) in [7, 11) is 1.30. The first-order chi connectivity index (χ1) is 25.5. The molecule has 3 aliphatic rings. The van der Waals surface area contributed by atoms with Crippen molar-refractivity contribution in [3.63, 3.8) is 0 Å². The van der Waals surface area contributed by atoms with E-state index in [9.17, 15) is 19.5 Å². The van der Waals surface area contributed by atoms with Gasteiger partial charge in [-0.1, -0.05) is 16.8 Å². The number of thiazole rings is 1. The predicted molar refractivity (Wildman–Crippen MR) is 200 cm³/mol. The molecule has 3 aromatic heterocycles. The number of rotatable bonds is 12. The Labute approximate surface area is 316 Å². The number of fused-ring (bicyclic) bond motifs is 2. The van der Waals surface area contributed by atoms with Crippen molar-refractivity contribution in [1.82, 2.24) is 19.8 Å². The third-order valence-electron chi connectivity index (χ3n) is 9.48. The van der Waals surface area contributed by atoms with Crippen molar-refractivity contribution in [3.05, 3.63) is 87.2 Å². The van der Waals surface area contributed by atoms with Gasteiger partial charge in [-0.2, -0.15) is 4.57 Å². The van der Waals surface area contributed by atoms with E-state index in [4.69, 9.17) is 27.9 Å². The van der Waals surface area contributed by atoms with Crippen molar-refractivity contribution < 1.29 is 33.3 Å². The van der Waals surface area contributed by atoms with Gasteiger partial charge in [-0.15, -0.1) is 23.1 Å². The SMILES string of the molecule is CO/N=C(\C(=O)C[C@@H]1C(=O)N2C(C(=O)O)=C(C[n+]3ccc4ccn(Cc5c(F)cc(C(N)=NC6CCCNC6)cc5Cl)c4c3)CS[C@H]12)c1csc(N)n1. The zero-order valence-electron chi connectivity index (χ0n) is 28.5. The van der Waals surface area contributed by atoms with Crippen molar-refractivity contribution >= 4 is 79.9 Å². The zero-order valence-corrected chi connectivity index (χ0v) is 30.9. The number of pyridine rings is 1. The normalized spacial score (nSPS) is 20.8. The van der Waals surface area contributed by atoms with Gasteiger partial charge in [0, 0.05) is 63.5 Å². The maximum atomic E-state index is 15.5. The molecule has 0 saturated carbocycles. The standard InChI is InChI=1S/C35H35ClFN9O5S2/c1-51-43-29(26-17-53-35(39)42-26)28(47)11-22-32(48)46-30(34(49)50)20(16-52-33(22)46)13-44-7-4-18-5-8-45(27(18)15-44)14-23-24(36)9-19(10-25(23)37)31(38)41-21-3-2-6-40-12-21/h4-5,7-10,15,17,21-22,33,40H,2-3,6,11-14,16H2,1H3,(H4-,38,39,41,42,49,50)/p+1/b43-29-/t21?,22-,33-/m1/s1. The van der Waals surface area contributed by atoms with Gasteiger partial charge in [0.1, 0.15) is 35.7 Å². The number of nitrogen functional groups attached to an aromatic ring is 1. The summed E-state index contributed by atoms with van der Waals surface area (Å²) in [5, 5.41) is 19.8. The lowest BCUT2D eigenvalue weighted by atomic mass is 9.89. The number of nitrogens with zero attached hydrogens (tertiary/aromatic N) is 6. The van der Waals surface area contributed by atoms with Crippen molar-refractivity contribution in [2.24, 2.45) is 21.8 Å². The van der Waals surface area contributed by atoms with Crippen LogP contribution in [0.4, 0.5) is 9.52 Å². The third-order valence-corrected chi connectivity index (χ3v) is 11.9. The van der Waals surface area contributed by atoms with Gasteiger partial charge < -0.3 is 31.3 Å². The van der Waals surface area contributed by atoms with Crippen molar-refractivity contribution in [3.8, 4) is 0 Å². The van der Waals surface area contributed by atoms with Crippen LogP contribution in [0.25, 0.3) is 10.9 Å². The molecule has 1 unspecified atom stereocenters. The third kappa shape index (κ3) is 7.38. The molecule has 3 atom stereocenters. The lowest BCUT2D eigenvalue weighted by molar-refractivity contribution is -0.687. The minimum atomic E-state index is -1.23. The van der Waals surface area contributed by atoms with Crippen LogP contribution in [0.15, 0.2) is 69.7 Å². The summed E-state index contributed by atoms with van der Waals surface area (Å²) >= 11 is 9.16. The number of benzene rings is 1. The van der Waals surface area contributed by atoms with Crippen molar-refractivity contribution in [2.75, 3.05) is 31.7 Å². The van der Waals surface area contributed by atoms with E-state index in [0.717, 1.165) is 48.2 Å². The van der Waals surface area contributed by atoms with Crippen LogP contribution in [0, 0.1) is 11.7 Å². The molecule has 0 aliphatic carbocycles. The number of oxime groups is 1. The molecular weight excluding hydrogens is 745 g/mol. The number of ketones is 1. The molecule has 7 rings (SSSR count). The van der Waals surface area contributed by atoms with Crippen molar-refractivity contribution in [1.29, 1.82) is 0 Å². The van der Waals surface area contributed by atoms with Gasteiger partial charge in [0.2, 0.25) is 5.91 Å². The number of amides is 1. The van der Waals surface area contributed by atoms with Crippen LogP contribution in [0.5, 0.6) is 0 Å². The maximum absolute atomic E-state index is 15.5. The summed E-state index contributed by atoms with van der Waals surface area (Å²) in [6, 6.07) is 6.81. The fraction of sp³-hybridized carbons (Fsp3) is 0.343. The summed E-state index contributed by atoms with van der Waals surface area (Å²) in [6.45, 7) is 1.99. The van der Waals surface area contributed by atoms with Gasteiger partial charge in [0.15, 0.2) is 35.6 Å². The Hall–Kier alpha value is -4.84. The van der Waals surface area contributed by atoms with Crippen LogP contribution < -0.4 is 21.4 Å². The molecule has 53 heavy (non-hydrogen) atoms. The quantitative estimate of drug-likeness (QED) is 0.0546. The van der Waals surface area contributed by atoms with E-state index in [1.54, 1.807) is 11.4 Å². The number of hydrogen-bond acceptors (Lipinski definition) is 11. The van der Waals surface area contributed by atoms with E-state index < -0.39 is 34.8 Å². The predicted octanol–water partition coefficient (Wildman–Crippen LogP) is 3.15. The molecule has 1 amide bonds. The molecule has 0 radical (unpaired) electrons. The van der Waals surface area contributed by atoms with Gasteiger partial charge in [-0.05, 0) is 37.6 Å². The summed E-state index contributed by atoms with van der Waals surface area (Å²) in [5.41, 5.74) is 14.1. The maximum Gasteiger partial charge on any atom is 0.352 e. The second-order valence-electron chi connectivity index (χ2n) is 12.9. The monoisotopic (exact) mass is 780 g/mol. The first-order valence-electron chi connectivity index (χ1n) is 16.8. The Morgan fingerprint density at radius 1 is 1.30 bits per heavy atom. The largest absolute Gasteiger partial charge is 0.477 e. The van der Waals surface area contributed by atoms with Gasteiger partial charge in [0.25, 0.3) is 0 Å². The second kappa shape index (κ2) is 15.3. The number of aromatic nitrogens is 3. The molecule has 6 N–H and O–H groups in total. The first-order valence-corrected chi connectivity index (χ1v) is 19.1. The molecular formula is C35H36ClFN9O5S2+. The summed E-state index contributed by atoms with van der Waals surface area (Å²) in [6.07, 6.45) is 7.23. The number of nitrogens with two attached hydrogens (primary N) is 2. The van der Waals surface area contributed by atoms with Crippen LogP contribution in [0.1, 0.15) is 36.1 Å². The lowest BCUT2D eigenvalue weighted by Crippen LogP contribution is -2.62. The number of amidine groups is 1. The lowest BCUT2D eigenvalue weighted by Gasteiger charge is -2.49. The number of carboxylic acid groups (broad SMARTS) is 1. The Morgan fingerprint density at radius 3 is 2.83 bits per heavy atom. The fourth-order valence-electron chi connectivity index (χ4n) is 6.88. The minimum Gasteiger partial charge on any atom is -0.477 e. The smallest absolute Gasteiger partial charge is 0.352 e. The molecule has 18 heteroatoms. The number of aliphatic carboxylic acids is 1. The summed E-state index contributed by atoms with van der Waals surface area (Å²) in [4.78, 5) is 54.0. The number of Topliss-reactive ketones (excluding diaryl/α,β-unsaturated/α-hetero) is 1. The average Bonchev–Trinajstić information content (AvgIpc) is 3.76. The van der Waals surface area contributed by atoms with E-state index in [1.807, 2.05) is 39.9 Å². The Balaban J connectivity index is 1.08. The number of β-lactam (4-membered cyclic amide) rings is 1. The molecule has 0 bridgehead atoms. The molecule has 1 aromatic carbocycles. The highest BCUT2D eigenvalue weighted by Crippen LogP contribution is 2.45. The molecule has 14 nitrogen and oxygen atoms in total. The second-order valence-corrected chi connectivity index (χ2v) is 15.3. The number of carbonyl (C=O) groups excluding carboxylic acids is 2. The average molecular weight is 781 g/mol. The van der Waals surface area contributed by atoms with Crippen LogP contribution >= 0.6 is 34.7 Å². The summed E-state index contributed by atoms with van der Waals surface area (Å²) in [5.74, 6) is -2.83. The number of aliphatic imine (C=N–C) groups is 1.